The first-order chi connectivity index (χ1) is 17.8. The molecule has 1 heterocycles. The smallest absolute Gasteiger partial charge is 0.253 e. The van der Waals surface area contributed by atoms with Crippen LogP contribution in [0.3, 0.4) is 0 Å². The topological polar surface area (TPSA) is 120 Å². The van der Waals surface area contributed by atoms with Gasteiger partial charge in [0, 0.05) is 18.8 Å². The zero-order valence-corrected chi connectivity index (χ0v) is 21.5. The molecule has 1 aliphatic rings. The highest BCUT2D eigenvalue weighted by atomic mass is 16.6. The van der Waals surface area contributed by atoms with E-state index >= 15 is 0 Å². The van der Waals surface area contributed by atoms with E-state index in [1.165, 1.54) is 12.2 Å². The maximum atomic E-state index is 11.4. The second-order valence-electron chi connectivity index (χ2n) is 7.26. The molecule has 0 N–H and O–H groups in total. The quantitative estimate of drug-likeness (QED) is 0.103. The van der Waals surface area contributed by atoms with Gasteiger partial charge in [0.15, 0.2) is 0 Å². The Morgan fingerprint density at radius 2 is 0.694 bits per heavy atom. The van der Waals surface area contributed by atoms with Crippen LogP contribution in [0, 0.1) is 0 Å². The van der Waals surface area contributed by atoms with Gasteiger partial charge in [0.1, 0.15) is 0 Å². The Bertz CT molecular complexity index is 544. The van der Waals surface area contributed by atoms with E-state index in [9.17, 15) is 9.59 Å². The Morgan fingerprint density at radius 3 is 0.972 bits per heavy atom. The molecule has 0 aromatic carbocycles. The molecule has 0 aromatic rings. The zero-order chi connectivity index (χ0) is 25.9. The number of imide groups is 1. The van der Waals surface area contributed by atoms with Crippen molar-refractivity contribution in [2.24, 2.45) is 0 Å². The van der Waals surface area contributed by atoms with Crippen LogP contribution in [-0.4, -0.2) is 142 Å². The van der Waals surface area contributed by atoms with Gasteiger partial charge in [-0.3, -0.25) is 14.5 Å². The van der Waals surface area contributed by atoms with Crippen molar-refractivity contribution in [2.45, 2.75) is 6.92 Å². The molecule has 210 valence electrons. The van der Waals surface area contributed by atoms with Gasteiger partial charge >= 0.3 is 0 Å². The SMILES string of the molecule is CCOCCOCCOCCOCCOCCOCCOCCOCCOCCN1C(=O)C=CC1=O. The van der Waals surface area contributed by atoms with E-state index in [-0.39, 0.29) is 25.0 Å². The average molecular weight is 522 g/mol. The predicted molar refractivity (Wildman–Crippen MR) is 129 cm³/mol. The van der Waals surface area contributed by atoms with Crippen LogP contribution in [0.15, 0.2) is 12.2 Å². The molecular formula is C24H43NO11. The van der Waals surface area contributed by atoms with Gasteiger partial charge in [-0.1, -0.05) is 0 Å². The first-order valence-corrected chi connectivity index (χ1v) is 12.5. The number of carbonyl (C=O) groups excluding carboxylic acids is 2. The van der Waals surface area contributed by atoms with Gasteiger partial charge in [-0.25, -0.2) is 0 Å². The summed E-state index contributed by atoms with van der Waals surface area (Å²) in [6.07, 6.45) is 2.51. The molecule has 0 saturated carbocycles. The number of hydrogen-bond donors (Lipinski definition) is 0. The molecule has 0 saturated heterocycles. The molecule has 0 aromatic heterocycles. The maximum absolute atomic E-state index is 11.4. The van der Waals surface area contributed by atoms with E-state index in [1.54, 1.807) is 0 Å². The zero-order valence-electron chi connectivity index (χ0n) is 21.5. The maximum Gasteiger partial charge on any atom is 0.253 e. The first kappa shape index (κ1) is 32.5. The fourth-order valence-electron chi connectivity index (χ4n) is 2.71. The fraction of sp³-hybridized carbons (Fsp3) is 0.833. The van der Waals surface area contributed by atoms with E-state index in [1.807, 2.05) is 6.92 Å². The predicted octanol–water partition coefficient (Wildman–Crippen LogP) is 0.0807. The minimum atomic E-state index is -0.303. The number of amides is 2. The van der Waals surface area contributed by atoms with Crippen LogP contribution in [0.1, 0.15) is 6.92 Å². The largest absolute Gasteiger partial charge is 0.379 e. The summed E-state index contributed by atoms with van der Waals surface area (Å²) in [4.78, 5) is 23.9. The Balaban J connectivity index is 1.65. The minimum absolute atomic E-state index is 0.245. The molecule has 1 rings (SSSR count). The van der Waals surface area contributed by atoms with Crippen molar-refractivity contribution in [1.82, 2.24) is 4.90 Å². The molecular weight excluding hydrogens is 478 g/mol. The molecule has 0 atom stereocenters. The molecule has 36 heavy (non-hydrogen) atoms. The lowest BCUT2D eigenvalue weighted by Gasteiger charge is -2.13. The third kappa shape index (κ3) is 19.7. The Morgan fingerprint density at radius 1 is 0.444 bits per heavy atom. The van der Waals surface area contributed by atoms with E-state index in [0.29, 0.717) is 112 Å². The highest BCUT2D eigenvalue weighted by Crippen LogP contribution is 2.02. The normalized spacial score (nSPS) is 13.4. The lowest BCUT2D eigenvalue weighted by Crippen LogP contribution is -2.33. The highest BCUT2D eigenvalue weighted by molar-refractivity contribution is 6.12. The number of rotatable bonds is 28. The van der Waals surface area contributed by atoms with Crippen LogP contribution < -0.4 is 0 Å². The van der Waals surface area contributed by atoms with E-state index in [0.717, 1.165) is 4.90 Å². The molecule has 12 heteroatoms. The molecule has 0 fully saturated rings. The molecule has 0 aliphatic carbocycles. The van der Waals surface area contributed by atoms with Crippen molar-refractivity contribution in [2.75, 3.05) is 125 Å². The summed E-state index contributed by atoms with van der Waals surface area (Å²) in [6, 6.07) is 0. The number of nitrogens with zero attached hydrogens (tertiary/aromatic N) is 1. The first-order valence-electron chi connectivity index (χ1n) is 12.5. The number of hydrogen-bond acceptors (Lipinski definition) is 11. The summed E-state index contributed by atoms with van der Waals surface area (Å²) in [5.74, 6) is -0.605. The molecule has 0 bridgehead atoms. The lowest BCUT2D eigenvalue weighted by atomic mass is 10.5. The van der Waals surface area contributed by atoms with Crippen LogP contribution >= 0.6 is 0 Å². The third-order valence-corrected chi connectivity index (χ3v) is 4.54. The molecule has 0 spiro atoms. The van der Waals surface area contributed by atoms with E-state index < -0.39 is 0 Å². The monoisotopic (exact) mass is 521 g/mol. The summed E-state index contributed by atoms with van der Waals surface area (Å²) in [5, 5.41) is 0. The summed E-state index contributed by atoms with van der Waals surface area (Å²) in [5.41, 5.74) is 0. The fourth-order valence-corrected chi connectivity index (χ4v) is 2.71. The van der Waals surface area contributed by atoms with E-state index in [2.05, 4.69) is 0 Å². The number of carbonyl (C=O) groups is 2. The van der Waals surface area contributed by atoms with Gasteiger partial charge in [-0.15, -0.1) is 0 Å². The lowest BCUT2D eigenvalue weighted by molar-refractivity contribution is -0.137. The highest BCUT2D eigenvalue weighted by Gasteiger charge is 2.22. The van der Waals surface area contributed by atoms with Crippen molar-refractivity contribution < 1.29 is 52.2 Å². The molecule has 1 aliphatic heterocycles. The Kier molecular flexibility index (Phi) is 22.8. The Hall–Kier alpha value is -1.48. The van der Waals surface area contributed by atoms with Gasteiger partial charge < -0.3 is 42.6 Å². The Labute approximate surface area is 214 Å². The second-order valence-corrected chi connectivity index (χ2v) is 7.26. The van der Waals surface area contributed by atoms with Crippen LogP contribution in [0.25, 0.3) is 0 Å². The minimum Gasteiger partial charge on any atom is -0.379 e. The van der Waals surface area contributed by atoms with Gasteiger partial charge in [0.05, 0.1) is 119 Å². The van der Waals surface area contributed by atoms with Crippen molar-refractivity contribution in [3.8, 4) is 0 Å². The second kappa shape index (κ2) is 25.2. The van der Waals surface area contributed by atoms with Crippen LogP contribution in [0.2, 0.25) is 0 Å². The average Bonchev–Trinajstić information content (AvgIpc) is 3.20. The van der Waals surface area contributed by atoms with Crippen molar-refractivity contribution in [3.63, 3.8) is 0 Å². The van der Waals surface area contributed by atoms with Gasteiger partial charge in [-0.05, 0) is 6.92 Å². The van der Waals surface area contributed by atoms with Crippen LogP contribution in [0.5, 0.6) is 0 Å². The van der Waals surface area contributed by atoms with Crippen LogP contribution in [-0.2, 0) is 52.2 Å². The standard InChI is InChI=1S/C24H43NO11/c1-2-28-7-8-30-11-12-32-15-16-34-19-20-36-22-21-35-18-17-33-14-13-31-10-9-29-6-5-25-23(26)3-4-24(25)27/h3-4H,2,5-22H2,1H3. The molecule has 12 nitrogen and oxygen atoms in total. The van der Waals surface area contributed by atoms with Gasteiger partial charge in [-0.2, -0.15) is 0 Å². The third-order valence-electron chi connectivity index (χ3n) is 4.54. The van der Waals surface area contributed by atoms with Gasteiger partial charge in [0.25, 0.3) is 11.8 Å². The number of ether oxygens (including phenoxy) is 9. The summed E-state index contributed by atoms with van der Waals surface area (Å²) < 4.78 is 48.3. The summed E-state index contributed by atoms with van der Waals surface area (Å²) >= 11 is 0. The van der Waals surface area contributed by atoms with Crippen LogP contribution in [0.4, 0.5) is 0 Å². The van der Waals surface area contributed by atoms with E-state index in [4.69, 9.17) is 42.6 Å². The van der Waals surface area contributed by atoms with Crippen molar-refractivity contribution in [3.05, 3.63) is 12.2 Å². The molecule has 0 radical (unpaired) electrons. The van der Waals surface area contributed by atoms with Gasteiger partial charge in [0.2, 0.25) is 0 Å². The summed E-state index contributed by atoms with van der Waals surface area (Å²) in [6.45, 7) is 11.2. The van der Waals surface area contributed by atoms with Crippen molar-refractivity contribution in [1.29, 1.82) is 0 Å². The van der Waals surface area contributed by atoms with Crippen molar-refractivity contribution >= 4 is 11.8 Å². The summed E-state index contributed by atoms with van der Waals surface area (Å²) in [7, 11) is 0. The molecule has 0 unspecified atom stereocenters. The molecule has 2 amide bonds.